The maximum absolute atomic E-state index is 12.4. The molecular weight excluding hydrogens is 328 g/mol. The predicted octanol–water partition coefficient (Wildman–Crippen LogP) is 3.59. The second kappa shape index (κ2) is 5.54. The van der Waals surface area contributed by atoms with Crippen LogP contribution in [0.2, 0.25) is 0 Å². The molecule has 0 saturated heterocycles. The summed E-state index contributed by atoms with van der Waals surface area (Å²) >= 11 is 0. The van der Waals surface area contributed by atoms with Gasteiger partial charge < -0.3 is 9.84 Å². The second-order valence-electron chi connectivity index (χ2n) is 9.47. The fraction of sp³-hybridized carbons (Fsp3) is 0.727. The third-order valence-electron chi connectivity index (χ3n) is 8.60. The highest BCUT2D eigenvalue weighted by atomic mass is 16.5. The maximum atomic E-state index is 12.4. The van der Waals surface area contributed by atoms with Crippen LogP contribution in [0.4, 0.5) is 0 Å². The van der Waals surface area contributed by atoms with E-state index >= 15 is 0 Å². The van der Waals surface area contributed by atoms with Gasteiger partial charge in [-0.3, -0.25) is 4.79 Å². The molecule has 6 atom stereocenters. The van der Waals surface area contributed by atoms with Crippen LogP contribution in [0.3, 0.4) is 0 Å². The zero-order chi connectivity index (χ0) is 18.9. The molecule has 0 radical (unpaired) electrons. The van der Waals surface area contributed by atoms with Crippen molar-refractivity contribution in [1.29, 1.82) is 0 Å². The van der Waals surface area contributed by atoms with E-state index in [2.05, 4.69) is 20.4 Å². The molecule has 4 rings (SSSR count). The minimum atomic E-state index is -1.38. The van der Waals surface area contributed by atoms with Crippen molar-refractivity contribution in [2.75, 3.05) is 7.11 Å². The van der Waals surface area contributed by atoms with Crippen molar-refractivity contribution < 1.29 is 19.4 Å². The Kier molecular flexibility index (Phi) is 3.83. The van der Waals surface area contributed by atoms with E-state index in [-0.39, 0.29) is 17.1 Å². The minimum absolute atomic E-state index is 0.00120. The fourth-order valence-electron chi connectivity index (χ4n) is 7.08. The van der Waals surface area contributed by atoms with E-state index in [1.54, 1.807) is 0 Å². The number of hydrogen-bond donors (Lipinski definition) is 1. The Labute approximate surface area is 155 Å². The number of esters is 1. The van der Waals surface area contributed by atoms with Crippen LogP contribution in [-0.2, 0) is 14.3 Å². The lowest BCUT2D eigenvalue weighted by Gasteiger charge is -2.59. The highest BCUT2D eigenvalue weighted by Gasteiger charge is 2.67. The van der Waals surface area contributed by atoms with Gasteiger partial charge >= 0.3 is 5.97 Å². The molecule has 0 unspecified atom stereocenters. The molecule has 4 aliphatic rings. The molecular formula is C22H30O4. The maximum Gasteiger partial charge on any atom is 0.338 e. The van der Waals surface area contributed by atoms with Crippen molar-refractivity contribution in [2.24, 2.45) is 28.6 Å². The van der Waals surface area contributed by atoms with Gasteiger partial charge in [-0.2, -0.15) is 0 Å². The Hall–Kier alpha value is -1.42. The van der Waals surface area contributed by atoms with Gasteiger partial charge in [-0.25, -0.2) is 4.79 Å². The summed E-state index contributed by atoms with van der Waals surface area (Å²) in [6, 6.07) is 0. The Morgan fingerprint density at radius 3 is 2.62 bits per heavy atom. The first-order valence-corrected chi connectivity index (χ1v) is 9.91. The first-order chi connectivity index (χ1) is 12.2. The van der Waals surface area contributed by atoms with Crippen molar-refractivity contribution in [3.63, 3.8) is 0 Å². The molecule has 0 spiro atoms. The Balaban J connectivity index is 1.73. The summed E-state index contributed by atoms with van der Waals surface area (Å²) in [5.41, 5.74) is 0.433. The molecule has 0 amide bonds. The lowest BCUT2D eigenvalue weighted by molar-refractivity contribution is -0.184. The number of aliphatic hydroxyl groups is 1. The SMILES string of the molecule is C=C1C[C@@H]2[C@H](CC[C@@]3(C)[C@H]2CC[C@]3(O)C(=O)OC)[C@@]2(C)CCC(=O)C=C12. The fourth-order valence-corrected chi connectivity index (χ4v) is 7.08. The van der Waals surface area contributed by atoms with E-state index in [4.69, 9.17) is 4.74 Å². The van der Waals surface area contributed by atoms with E-state index in [1.165, 1.54) is 12.7 Å². The summed E-state index contributed by atoms with van der Waals surface area (Å²) in [6.45, 7) is 8.70. The van der Waals surface area contributed by atoms with Crippen molar-refractivity contribution in [2.45, 2.75) is 64.4 Å². The summed E-state index contributed by atoms with van der Waals surface area (Å²) in [6.07, 6.45) is 7.36. The van der Waals surface area contributed by atoms with E-state index in [1.807, 2.05) is 6.08 Å². The highest BCUT2D eigenvalue weighted by molar-refractivity contribution is 5.92. The predicted molar refractivity (Wildman–Crippen MR) is 98.2 cm³/mol. The molecule has 0 aromatic carbocycles. The molecule has 4 nitrogen and oxygen atoms in total. The average Bonchev–Trinajstić information content (AvgIpc) is 2.88. The molecule has 1 N–H and O–H groups in total. The standard InChI is InChI=1S/C22H30O4/c1-13-11-15-16(20(2)8-5-14(23)12-18(13)20)6-9-21(3)17(15)7-10-22(21,25)19(24)26-4/h12,15-17,25H,1,5-11H2,2-4H3/t15-,16+,17+,20-,21+,22+/m1/s1. The lowest BCUT2D eigenvalue weighted by Crippen LogP contribution is -2.58. The monoisotopic (exact) mass is 358 g/mol. The van der Waals surface area contributed by atoms with Gasteiger partial charge in [-0.05, 0) is 73.3 Å². The molecule has 0 aromatic heterocycles. The largest absolute Gasteiger partial charge is 0.467 e. The summed E-state index contributed by atoms with van der Waals surface area (Å²) in [4.78, 5) is 24.4. The molecule has 0 aliphatic heterocycles. The quantitative estimate of drug-likeness (QED) is 0.728. The molecule has 26 heavy (non-hydrogen) atoms. The minimum Gasteiger partial charge on any atom is -0.467 e. The molecule has 4 heteroatoms. The van der Waals surface area contributed by atoms with Crippen LogP contribution in [0.25, 0.3) is 0 Å². The normalized spacial score (nSPS) is 47.5. The zero-order valence-electron chi connectivity index (χ0n) is 16.1. The summed E-state index contributed by atoms with van der Waals surface area (Å²) in [5.74, 6) is 0.933. The molecule has 4 aliphatic carbocycles. The van der Waals surface area contributed by atoms with Gasteiger partial charge in [0.25, 0.3) is 0 Å². The van der Waals surface area contributed by atoms with Crippen LogP contribution in [0.15, 0.2) is 23.8 Å². The number of fused-ring (bicyclic) bond motifs is 5. The van der Waals surface area contributed by atoms with Gasteiger partial charge in [-0.1, -0.05) is 26.0 Å². The number of hydrogen-bond acceptors (Lipinski definition) is 4. The Morgan fingerprint density at radius 2 is 1.92 bits per heavy atom. The van der Waals surface area contributed by atoms with Crippen molar-refractivity contribution in [3.05, 3.63) is 23.8 Å². The molecule has 0 heterocycles. The number of methoxy groups -OCH3 is 1. The van der Waals surface area contributed by atoms with Gasteiger partial charge in [0.15, 0.2) is 11.4 Å². The van der Waals surface area contributed by atoms with Gasteiger partial charge in [0.1, 0.15) is 0 Å². The van der Waals surface area contributed by atoms with Crippen molar-refractivity contribution >= 4 is 11.8 Å². The van der Waals surface area contributed by atoms with Crippen LogP contribution in [0.1, 0.15) is 58.8 Å². The van der Waals surface area contributed by atoms with E-state index in [9.17, 15) is 14.7 Å². The van der Waals surface area contributed by atoms with Crippen LogP contribution >= 0.6 is 0 Å². The van der Waals surface area contributed by atoms with Crippen LogP contribution in [0, 0.1) is 28.6 Å². The van der Waals surface area contributed by atoms with Crippen molar-refractivity contribution in [1.82, 2.24) is 0 Å². The molecule has 142 valence electrons. The van der Waals surface area contributed by atoms with E-state index in [0.29, 0.717) is 24.7 Å². The number of carbonyl (C=O) groups excluding carboxylic acids is 2. The van der Waals surface area contributed by atoms with Gasteiger partial charge in [0.05, 0.1) is 7.11 Å². The molecule has 3 saturated carbocycles. The number of carbonyl (C=O) groups is 2. The third-order valence-corrected chi connectivity index (χ3v) is 8.60. The third kappa shape index (κ3) is 2.05. The number of allylic oxidation sites excluding steroid dienone is 2. The topological polar surface area (TPSA) is 63.6 Å². The Morgan fingerprint density at radius 1 is 1.23 bits per heavy atom. The van der Waals surface area contributed by atoms with Crippen LogP contribution in [-0.4, -0.2) is 29.6 Å². The van der Waals surface area contributed by atoms with E-state index < -0.39 is 17.0 Å². The number of rotatable bonds is 1. The summed E-state index contributed by atoms with van der Waals surface area (Å²) in [5, 5.41) is 11.2. The zero-order valence-corrected chi connectivity index (χ0v) is 16.1. The van der Waals surface area contributed by atoms with Crippen LogP contribution in [0.5, 0.6) is 0 Å². The second-order valence-corrected chi connectivity index (χ2v) is 9.47. The smallest absolute Gasteiger partial charge is 0.338 e. The van der Waals surface area contributed by atoms with Gasteiger partial charge in [-0.15, -0.1) is 0 Å². The van der Waals surface area contributed by atoms with Gasteiger partial charge in [0, 0.05) is 11.8 Å². The molecule has 3 fully saturated rings. The lowest BCUT2D eigenvalue weighted by atomic mass is 9.46. The van der Waals surface area contributed by atoms with Crippen LogP contribution < -0.4 is 0 Å². The summed E-state index contributed by atoms with van der Waals surface area (Å²) < 4.78 is 4.97. The van der Waals surface area contributed by atoms with Gasteiger partial charge in [0.2, 0.25) is 0 Å². The van der Waals surface area contributed by atoms with E-state index in [0.717, 1.165) is 37.7 Å². The number of ketones is 1. The Bertz CT molecular complexity index is 722. The first-order valence-electron chi connectivity index (χ1n) is 9.91. The molecule has 0 aromatic rings. The van der Waals surface area contributed by atoms with Crippen molar-refractivity contribution in [3.8, 4) is 0 Å². The number of ether oxygens (including phenoxy) is 1. The summed E-state index contributed by atoms with van der Waals surface area (Å²) in [7, 11) is 1.36. The molecule has 0 bridgehead atoms. The first kappa shape index (κ1) is 18.0. The highest BCUT2D eigenvalue weighted by Crippen LogP contribution is 2.68. The average molecular weight is 358 g/mol.